The molecule has 2 aromatic carbocycles. The summed E-state index contributed by atoms with van der Waals surface area (Å²) in [7, 11) is -3.37. The largest absolute Gasteiger partial charge is 0.459 e. The predicted octanol–water partition coefficient (Wildman–Crippen LogP) is 4.55. The zero-order valence-electron chi connectivity index (χ0n) is 18.8. The Morgan fingerprint density at radius 1 is 0.944 bits per heavy atom. The molecule has 0 amide bonds. The molecule has 0 N–H and O–H groups in total. The molecule has 2 aliphatic heterocycles. The fourth-order valence-corrected chi connectivity index (χ4v) is 5.05. The van der Waals surface area contributed by atoms with Crippen LogP contribution in [0, 0.1) is 11.6 Å². The fourth-order valence-electron chi connectivity index (χ4n) is 4.22. The fraction of sp³-hybridized carbons (Fsp3) is 0.409. The number of rotatable bonds is 5. The van der Waals surface area contributed by atoms with Crippen LogP contribution in [0.25, 0.3) is 0 Å². The third-order valence-corrected chi connectivity index (χ3v) is 7.42. The maximum atomic E-state index is 14.5. The van der Waals surface area contributed by atoms with E-state index in [4.69, 9.17) is 0 Å². The monoisotopic (exact) mass is 538 g/mol. The third kappa shape index (κ3) is 5.01. The number of sulfonamides is 1. The summed E-state index contributed by atoms with van der Waals surface area (Å²) in [6, 6.07) is 7.31. The molecule has 0 bridgehead atoms. The third-order valence-electron chi connectivity index (χ3n) is 6.11. The molecule has 14 heteroatoms. The van der Waals surface area contributed by atoms with Gasteiger partial charge in [-0.15, -0.1) is 0 Å². The Morgan fingerprint density at radius 2 is 1.61 bits per heavy atom. The van der Waals surface area contributed by atoms with Gasteiger partial charge in [0.2, 0.25) is 10.0 Å². The van der Waals surface area contributed by atoms with Gasteiger partial charge in [0.25, 0.3) is 0 Å². The minimum absolute atomic E-state index is 0.213. The molecular weight excluding hydrogens is 517 g/mol. The van der Waals surface area contributed by atoms with Crippen molar-refractivity contribution in [1.82, 2.24) is 4.31 Å². The quantitative estimate of drug-likeness (QED) is 0.525. The van der Waals surface area contributed by atoms with Crippen molar-refractivity contribution in [2.75, 3.05) is 42.3 Å². The SMILES string of the molecule is CS(=O)(=O)N1CCN(c2cccc(C3CC(C(F)(F)C(F)(F)F)=NN3c3ccc(F)cc3F)c2)CC1. The predicted molar refractivity (Wildman–Crippen MR) is 120 cm³/mol. The summed E-state index contributed by atoms with van der Waals surface area (Å²) in [5.41, 5.74) is -1.09. The Kier molecular flexibility index (Phi) is 6.71. The van der Waals surface area contributed by atoms with E-state index in [1.807, 2.05) is 4.90 Å². The lowest BCUT2D eigenvalue weighted by Gasteiger charge is -2.35. The molecule has 0 aliphatic carbocycles. The van der Waals surface area contributed by atoms with Crippen LogP contribution >= 0.6 is 0 Å². The van der Waals surface area contributed by atoms with Crippen LogP contribution in [0.5, 0.6) is 0 Å². The van der Waals surface area contributed by atoms with Crippen LogP contribution in [-0.2, 0) is 10.0 Å². The molecule has 0 saturated carbocycles. The van der Waals surface area contributed by atoms with E-state index in [9.17, 15) is 39.2 Å². The molecule has 2 aliphatic rings. The van der Waals surface area contributed by atoms with Crippen LogP contribution in [0.15, 0.2) is 47.6 Å². The number of anilines is 2. The lowest BCUT2D eigenvalue weighted by atomic mass is 9.98. The molecule has 4 rings (SSSR count). The second kappa shape index (κ2) is 9.21. The molecule has 0 aromatic heterocycles. The van der Waals surface area contributed by atoms with E-state index in [0.717, 1.165) is 18.4 Å². The first-order chi connectivity index (χ1) is 16.7. The molecule has 2 heterocycles. The number of hydrazone groups is 1. The van der Waals surface area contributed by atoms with Crippen LogP contribution in [0.1, 0.15) is 18.0 Å². The molecule has 1 fully saturated rings. The summed E-state index contributed by atoms with van der Waals surface area (Å²) in [4.78, 5) is 1.84. The van der Waals surface area contributed by atoms with Gasteiger partial charge in [-0.3, -0.25) is 5.01 Å². The highest BCUT2D eigenvalue weighted by Gasteiger charge is 2.63. The van der Waals surface area contributed by atoms with Gasteiger partial charge < -0.3 is 4.90 Å². The Balaban J connectivity index is 1.68. The molecule has 0 radical (unpaired) electrons. The average molecular weight is 538 g/mol. The van der Waals surface area contributed by atoms with Gasteiger partial charge >= 0.3 is 12.1 Å². The Labute approximate surface area is 202 Å². The maximum absolute atomic E-state index is 14.5. The molecule has 1 unspecified atom stereocenters. The molecule has 0 spiro atoms. The van der Waals surface area contributed by atoms with Crippen molar-refractivity contribution in [3.8, 4) is 0 Å². The topological polar surface area (TPSA) is 56.2 Å². The molecule has 1 atom stereocenters. The van der Waals surface area contributed by atoms with E-state index in [0.29, 0.717) is 29.9 Å². The smallest absolute Gasteiger partial charge is 0.369 e. The van der Waals surface area contributed by atoms with E-state index in [1.54, 1.807) is 18.2 Å². The number of hydrogen-bond donors (Lipinski definition) is 0. The summed E-state index contributed by atoms with van der Waals surface area (Å²) in [6.45, 7) is 1.08. The van der Waals surface area contributed by atoms with Crippen molar-refractivity contribution >= 4 is 27.1 Å². The van der Waals surface area contributed by atoms with Crippen LogP contribution < -0.4 is 9.91 Å². The first kappa shape index (κ1) is 26.2. The van der Waals surface area contributed by atoms with Crippen LogP contribution in [0.3, 0.4) is 0 Å². The molecular formula is C22H21F7N4O2S. The standard InChI is InChI=1S/C22H21F7N4O2S/c1-36(34,35)32-9-7-31(8-10-32)16-4-2-3-14(11-16)19-13-20(21(25,26)22(27,28)29)30-33(19)18-6-5-15(23)12-17(18)24/h2-6,11-12,19H,7-10,13H2,1H3. The maximum Gasteiger partial charge on any atom is 0.459 e. The van der Waals surface area contributed by atoms with Crippen molar-refractivity contribution in [3.63, 3.8) is 0 Å². The Hall–Kier alpha value is -2.87. The number of piperazine rings is 1. The number of hydrogen-bond acceptors (Lipinski definition) is 5. The van der Waals surface area contributed by atoms with E-state index in [1.165, 1.54) is 10.4 Å². The lowest BCUT2D eigenvalue weighted by molar-refractivity contribution is -0.249. The molecule has 6 nitrogen and oxygen atoms in total. The highest BCUT2D eigenvalue weighted by molar-refractivity contribution is 7.88. The molecule has 36 heavy (non-hydrogen) atoms. The van der Waals surface area contributed by atoms with Crippen LogP contribution in [0.4, 0.5) is 42.1 Å². The summed E-state index contributed by atoms with van der Waals surface area (Å²) < 4.78 is 120. The molecule has 2 aromatic rings. The minimum atomic E-state index is -5.91. The van der Waals surface area contributed by atoms with Gasteiger partial charge in [-0.1, -0.05) is 12.1 Å². The van der Waals surface area contributed by atoms with Crippen molar-refractivity contribution < 1.29 is 39.2 Å². The number of halogens is 7. The van der Waals surface area contributed by atoms with Crippen molar-refractivity contribution in [2.45, 2.75) is 24.6 Å². The number of benzene rings is 2. The second-order valence-electron chi connectivity index (χ2n) is 8.52. The van der Waals surface area contributed by atoms with Crippen LogP contribution in [0.2, 0.25) is 0 Å². The highest BCUT2D eigenvalue weighted by Crippen LogP contribution is 2.45. The second-order valence-corrected chi connectivity index (χ2v) is 10.5. The number of nitrogens with zero attached hydrogens (tertiary/aromatic N) is 4. The van der Waals surface area contributed by atoms with Gasteiger partial charge in [0.05, 0.1) is 18.0 Å². The average Bonchev–Trinajstić information content (AvgIpc) is 3.24. The van der Waals surface area contributed by atoms with Crippen molar-refractivity contribution in [3.05, 3.63) is 59.7 Å². The van der Waals surface area contributed by atoms with Gasteiger partial charge in [0, 0.05) is 44.4 Å². The summed E-state index contributed by atoms with van der Waals surface area (Å²) in [5.74, 6) is -7.38. The number of alkyl halides is 5. The van der Waals surface area contributed by atoms with E-state index < -0.39 is 57.6 Å². The van der Waals surface area contributed by atoms with Crippen molar-refractivity contribution in [2.24, 2.45) is 5.10 Å². The van der Waals surface area contributed by atoms with Gasteiger partial charge in [-0.25, -0.2) is 17.2 Å². The zero-order chi connectivity index (χ0) is 26.5. The summed E-state index contributed by atoms with van der Waals surface area (Å²) >= 11 is 0. The van der Waals surface area contributed by atoms with Gasteiger partial charge in [0.1, 0.15) is 11.5 Å². The van der Waals surface area contributed by atoms with Gasteiger partial charge in [-0.05, 0) is 29.8 Å². The zero-order valence-corrected chi connectivity index (χ0v) is 19.6. The van der Waals surface area contributed by atoms with E-state index >= 15 is 0 Å². The van der Waals surface area contributed by atoms with Gasteiger partial charge in [0.15, 0.2) is 5.82 Å². The normalized spacial score (nSPS) is 20.1. The molecule has 1 saturated heterocycles. The van der Waals surface area contributed by atoms with Crippen LogP contribution in [-0.4, -0.2) is 63.0 Å². The van der Waals surface area contributed by atoms with E-state index in [2.05, 4.69) is 5.10 Å². The summed E-state index contributed by atoms with van der Waals surface area (Å²) in [5, 5.41) is 4.17. The first-order valence-electron chi connectivity index (χ1n) is 10.8. The molecule has 196 valence electrons. The van der Waals surface area contributed by atoms with Gasteiger partial charge in [-0.2, -0.15) is 31.4 Å². The summed E-state index contributed by atoms with van der Waals surface area (Å²) in [6.07, 6.45) is -5.66. The lowest BCUT2D eigenvalue weighted by Crippen LogP contribution is -2.48. The highest BCUT2D eigenvalue weighted by atomic mass is 32.2. The van der Waals surface area contributed by atoms with Crippen molar-refractivity contribution in [1.29, 1.82) is 0 Å². The minimum Gasteiger partial charge on any atom is -0.369 e. The van der Waals surface area contributed by atoms with E-state index in [-0.39, 0.29) is 18.7 Å². The Morgan fingerprint density at radius 3 is 2.19 bits per heavy atom. The first-order valence-corrected chi connectivity index (χ1v) is 12.6. The Bertz CT molecular complexity index is 1280.